The second kappa shape index (κ2) is 13.9. The van der Waals surface area contributed by atoms with Crippen LogP contribution in [0.15, 0.2) is 231 Å². The molecular formula is C58H38N2. The summed E-state index contributed by atoms with van der Waals surface area (Å²) >= 11 is 0. The van der Waals surface area contributed by atoms with Crippen molar-refractivity contribution in [1.82, 2.24) is 4.57 Å². The quantitative estimate of drug-likeness (QED) is 0.153. The molecule has 0 fully saturated rings. The van der Waals surface area contributed by atoms with Gasteiger partial charge in [0.25, 0.3) is 0 Å². The van der Waals surface area contributed by atoms with Crippen LogP contribution in [-0.2, 0) is 0 Å². The van der Waals surface area contributed by atoms with E-state index < -0.39 is 0 Å². The highest BCUT2D eigenvalue weighted by atomic mass is 15.1. The van der Waals surface area contributed by atoms with Crippen molar-refractivity contribution in [2.45, 2.75) is 0 Å². The average Bonchev–Trinajstić information content (AvgIpc) is 3.65. The van der Waals surface area contributed by atoms with E-state index >= 15 is 0 Å². The van der Waals surface area contributed by atoms with Crippen molar-refractivity contribution in [3.05, 3.63) is 231 Å². The number of para-hydroxylation sites is 2. The highest BCUT2D eigenvalue weighted by Crippen LogP contribution is 2.43. The first kappa shape index (κ1) is 34.1. The molecule has 0 bridgehead atoms. The van der Waals surface area contributed by atoms with E-state index in [9.17, 15) is 0 Å². The minimum atomic E-state index is 1.10. The van der Waals surface area contributed by atoms with Crippen LogP contribution >= 0.6 is 0 Å². The molecule has 0 amide bonds. The van der Waals surface area contributed by atoms with Crippen molar-refractivity contribution in [3.8, 4) is 27.9 Å². The first-order chi connectivity index (χ1) is 29.8. The summed E-state index contributed by atoms with van der Waals surface area (Å²) < 4.78 is 2.43. The number of rotatable bonds is 6. The summed E-state index contributed by atoms with van der Waals surface area (Å²) in [5.41, 5.74) is 11.7. The minimum absolute atomic E-state index is 1.10. The van der Waals surface area contributed by atoms with Crippen molar-refractivity contribution in [3.63, 3.8) is 0 Å². The third kappa shape index (κ3) is 5.50. The summed E-state index contributed by atoms with van der Waals surface area (Å²) in [5, 5.41) is 12.4. The van der Waals surface area contributed by atoms with Gasteiger partial charge in [-0.25, -0.2) is 0 Å². The van der Waals surface area contributed by atoms with Gasteiger partial charge in [0.1, 0.15) is 0 Å². The van der Waals surface area contributed by atoms with Gasteiger partial charge in [0.05, 0.1) is 16.7 Å². The Morgan fingerprint density at radius 3 is 1.53 bits per heavy atom. The van der Waals surface area contributed by atoms with Crippen LogP contribution in [0, 0.1) is 0 Å². The lowest BCUT2D eigenvalue weighted by Gasteiger charge is -2.27. The van der Waals surface area contributed by atoms with Gasteiger partial charge in [-0.3, -0.25) is 0 Å². The number of anilines is 3. The van der Waals surface area contributed by atoms with Gasteiger partial charge in [0, 0.05) is 33.2 Å². The van der Waals surface area contributed by atoms with Crippen LogP contribution in [-0.4, -0.2) is 4.57 Å². The van der Waals surface area contributed by atoms with Crippen LogP contribution in [0.3, 0.4) is 0 Å². The van der Waals surface area contributed by atoms with Crippen molar-refractivity contribution < 1.29 is 0 Å². The molecule has 12 aromatic rings. The van der Waals surface area contributed by atoms with Gasteiger partial charge in [-0.05, 0) is 115 Å². The predicted molar refractivity (Wildman–Crippen MR) is 256 cm³/mol. The molecular weight excluding hydrogens is 725 g/mol. The van der Waals surface area contributed by atoms with E-state index in [1.165, 1.54) is 92.8 Å². The number of hydrogen-bond acceptors (Lipinski definition) is 1. The molecule has 0 atom stereocenters. The van der Waals surface area contributed by atoms with Crippen LogP contribution in [0.1, 0.15) is 0 Å². The molecule has 280 valence electrons. The lowest BCUT2D eigenvalue weighted by molar-refractivity contribution is 1.20. The third-order valence-corrected chi connectivity index (χ3v) is 12.3. The Morgan fingerprint density at radius 2 is 0.800 bits per heavy atom. The monoisotopic (exact) mass is 762 g/mol. The molecule has 0 saturated carbocycles. The first-order valence-corrected chi connectivity index (χ1v) is 20.7. The summed E-state index contributed by atoms with van der Waals surface area (Å²) in [7, 11) is 0. The normalized spacial score (nSPS) is 11.7. The van der Waals surface area contributed by atoms with Gasteiger partial charge in [0.15, 0.2) is 0 Å². The smallest absolute Gasteiger partial charge is 0.0541 e. The molecule has 0 spiro atoms. The van der Waals surface area contributed by atoms with E-state index in [4.69, 9.17) is 0 Å². The molecule has 0 radical (unpaired) electrons. The predicted octanol–water partition coefficient (Wildman–Crippen LogP) is 16.2. The molecule has 11 aromatic carbocycles. The highest BCUT2D eigenvalue weighted by Gasteiger charge is 2.19. The zero-order valence-corrected chi connectivity index (χ0v) is 32.8. The van der Waals surface area contributed by atoms with E-state index in [0.29, 0.717) is 0 Å². The molecule has 0 saturated heterocycles. The first-order valence-electron chi connectivity index (χ1n) is 20.7. The fraction of sp³-hybridized carbons (Fsp3) is 0. The molecule has 0 aliphatic carbocycles. The Hall–Kier alpha value is -7.94. The van der Waals surface area contributed by atoms with E-state index in [1.54, 1.807) is 0 Å². The minimum Gasteiger partial charge on any atom is -0.310 e. The summed E-state index contributed by atoms with van der Waals surface area (Å²) in [6.07, 6.45) is 0. The summed E-state index contributed by atoms with van der Waals surface area (Å²) in [6, 6.07) is 84.3. The fourth-order valence-electron chi connectivity index (χ4n) is 9.56. The second-order valence-corrected chi connectivity index (χ2v) is 15.7. The van der Waals surface area contributed by atoms with Gasteiger partial charge < -0.3 is 9.47 Å². The van der Waals surface area contributed by atoms with Gasteiger partial charge in [-0.15, -0.1) is 0 Å². The maximum atomic E-state index is 2.43. The Balaban J connectivity index is 1.03. The van der Waals surface area contributed by atoms with E-state index in [-0.39, 0.29) is 0 Å². The van der Waals surface area contributed by atoms with Crippen molar-refractivity contribution in [2.75, 3.05) is 4.90 Å². The van der Waals surface area contributed by atoms with Crippen molar-refractivity contribution in [2.24, 2.45) is 0 Å². The Bertz CT molecular complexity index is 3540. The summed E-state index contributed by atoms with van der Waals surface area (Å²) in [6.45, 7) is 0. The number of fused-ring (bicyclic) bond motifs is 8. The average molecular weight is 763 g/mol. The molecule has 0 N–H and O–H groups in total. The SMILES string of the molecule is c1ccc(-c2cc(N(c3ccc(-c4ccc(-n5c6ccccc6c6ccccc65)c5ccccc45)cc3)c3ccc4ccc5ccccc5c4c3)cc3ccccc23)cc1. The van der Waals surface area contributed by atoms with Crippen LogP contribution in [0.4, 0.5) is 17.1 Å². The lowest BCUT2D eigenvalue weighted by Crippen LogP contribution is -2.10. The molecule has 2 nitrogen and oxygen atoms in total. The van der Waals surface area contributed by atoms with Gasteiger partial charge >= 0.3 is 0 Å². The summed E-state index contributed by atoms with van der Waals surface area (Å²) in [4.78, 5) is 2.42. The highest BCUT2D eigenvalue weighted by molar-refractivity contribution is 6.12. The van der Waals surface area contributed by atoms with Gasteiger partial charge in [-0.2, -0.15) is 0 Å². The molecule has 60 heavy (non-hydrogen) atoms. The fourth-order valence-corrected chi connectivity index (χ4v) is 9.56. The van der Waals surface area contributed by atoms with Crippen LogP contribution in [0.25, 0.3) is 92.8 Å². The van der Waals surface area contributed by atoms with E-state index in [2.05, 4.69) is 240 Å². The largest absolute Gasteiger partial charge is 0.310 e. The molecule has 0 unspecified atom stereocenters. The third-order valence-electron chi connectivity index (χ3n) is 12.3. The number of nitrogens with zero attached hydrogens (tertiary/aromatic N) is 2. The molecule has 1 heterocycles. The van der Waals surface area contributed by atoms with Gasteiger partial charge in [-0.1, -0.05) is 176 Å². The topological polar surface area (TPSA) is 8.17 Å². The Labute approximate surface area is 348 Å². The molecule has 0 aliphatic heterocycles. The number of benzene rings is 11. The van der Waals surface area contributed by atoms with Crippen LogP contribution < -0.4 is 4.90 Å². The number of aromatic nitrogens is 1. The number of hydrogen-bond donors (Lipinski definition) is 0. The zero-order valence-electron chi connectivity index (χ0n) is 32.8. The van der Waals surface area contributed by atoms with E-state index in [1.807, 2.05) is 0 Å². The Kier molecular flexibility index (Phi) is 7.89. The van der Waals surface area contributed by atoms with Gasteiger partial charge in [0.2, 0.25) is 0 Å². The van der Waals surface area contributed by atoms with Crippen molar-refractivity contribution in [1.29, 1.82) is 0 Å². The van der Waals surface area contributed by atoms with E-state index in [0.717, 1.165) is 17.1 Å². The Morgan fingerprint density at radius 1 is 0.267 bits per heavy atom. The van der Waals surface area contributed by atoms with Crippen LogP contribution in [0.5, 0.6) is 0 Å². The van der Waals surface area contributed by atoms with Crippen molar-refractivity contribution >= 4 is 82.0 Å². The van der Waals surface area contributed by atoms with Crippen LogP contribution in [0.2, 0.25) is 0 Å². The zero-order chi connectivity index (χ0) is 39.6. The maximum absolute atomic E-state index is 2.43. The maximum Gasteiger partial charge on any atom is 0.0541 e. The molecule has 1 aromatic heterocycles. The lowest BCUT2D eigenvalue weighted by atomic mass is 9.95. The molecule has 2 heteroatoms. The second-order valence-electron chi connectivity index (χ2n) is 15.7. The summed E-state index contributed by atoms with van der Waals surface area (Å²) in [5.74, 6) is 0. The molecule has 12 rings (SSSR count). The molecule has 0 aliphatic rings. The standard InChI is InChI=1S/C58H38N2/c1-2-14-39(15-3-1)55-38-46(36-43-17-5-7-19-48(43)55)59(45-33-30-42-27-26-40-16-4-6-18-47(40)54(42)37-45)44-31-28-41(29-32-44)49-34-35-58(51-21-9-8-20-50(49)51)60-56-24-12-10-22-52(56)53-23-11-13-25-57(53)60/h1-38H.